The number of hydrogen-bond acceptors (Lipinski definition) is 2. The second-order valence-corrected chi connectivity index (χ2v) is 4.73. The SMILES string of the molecule is CC(CN)COCCC(C)(C)C. The minimum Gasteiger partial charge on any atom is -0.381 e. The third-order valence-corrected chi connectivity index (χ3v) is 1.80. The molecule has 1 atom stereocenters. The van der Waals surface area contributed by atoms with Gasteiger partial charge in [-0.25, -0.2) is 0 Å². The summed E-state index contributed by atoms with van der Waals surface area (Å²) in [5.41, 5.74) is 5.84. The van der Waals surface area contributed by atoms with Crippen molar-refractivity contribution in [3.63, 3.8) is 0 Å². The van der Waals surface area contributed by atoms with Gasteiger partial charge >= 0.3 is 0 Å². The molecule has 0 aromatic carbocycles. The summed E-state index contributed by atoms with van der Waals surface area (Å²) in [5.74, 6) is 0.491. The molecule has 74 valence electrons. The number of rotatable bonds is 5. The van der Waals surface area contributed by atoms with Crippen molar-refractivity contribution in [3.05, 3.63) is 0 Å². The van der Waals surface area contributed by atoms with E-state index in [1.165, 1.54) is 0 Å². The van der Waals surface area contributed by atoms with E-state index in [0.29, 0.717) is 11.3 Å². The zero-order valence-corrected chi connectivity index (χ0v) is 8.89. The van der Waals surface area contributed by atoms with E-state index in [1.54, 1.807) is 0 Å². The first kappa shape index (κ1) is 11.9. The van der Waals surface area contributed by atoms with Gasteiger partial charge in [-0.2, -0.15) is 0 Å². The van der Waals surface area contributed by atoms with Gasteiger partial charge in [-0.1, -0.05) is 27.7 Å². The fraction of sp³-hybridized carbons (Fsp3) is 1.00. The Morgan fingerprint density at radius 3 is 2.33 bits per heavy atom. The van der Waals surface area contributed by atoms with Gasteiger partial charge in [-0.3, -0.25) is 0 Å². The predicted molar refractivity (Wildman–Crippen MR) is 53.1 cm³/mol. The Hall–Kier alpha value is -0.0800. The Balaban J connectivity index is 3.22. The van der Waals surface area contributed by atoms with Crippen LogP contribution in [0.4, 0.5) is 0 Å². The van der Waals surface area contributed by atoms with Crippen LogP contribution in [0.15, 0.2) is 0 Å². The molecule has 2 nitrogen and oxygen atoms in total. The van der Waals surface area contributed by atoms with Crippen molar-refractivity contribution in [1.29, 1.82) is 0 Å². The molecule has 0 spiro atoms. The molecule has 0 aliphatic rings. The molecule has 2 heteroatoms. The van der Waals surface area contributed by atoms with Crippen LogP contribution in [0.2, 0.25) is 0 Å². The molecule has 2 N–H and O–H groups in total. The van der Waals surface area contributed by atoms with Crippen molar-refractivity contribution >= 4 is 0 Å². The van der Waals surface area contributed by atoms with E-state index in [-0.39, 0.29) is 0 Å². The highest BCUT2D eigenvalue weighted by Crippen LogP contribution is 2.17. The highest BCUT2D eigenvalue weighted by Gasteiger charge is 2.09. The van der Waals surface area contributed by atoms with Crippen molar-refractivity contribution in [2.24, 2.45) is 17.1 Å². The largest absolute Gasteiger partial charge is 0.381 e. The summed E-state index contributed by atoms with van der Waals surface area (Å²) in [5, 5.41) is 0. The number of nitrogens with two attached hydrogens (primary N) is 1. The van der Waals surface area contributed by atoms with Gasteiger partial charge in [0.05, 0.1) is 6.61 Å². The summed E-state index contributed by atoms with van der Waals surface area (Å²) in [6.45, 7) is 11.2. The van der Waals surface area contributed by atoms with Crippen LogP contribution in [-0.2, 0) is 4.74 Å². The number of ether oxygens (including phenoxy) is 1. The quantitative estimate of drug-likeness (QED) is 0.646. The minimum atomic E-state index is 0.381. The molecule has 0 aromatic rings. The highest BCUT2D eigenvalue weighted by atomic mass is 16.5. The molecule has 12 heavy (non-hydrogen) atoms. The van der Waals surface area contributed by atoms with E-state index in [0.717, 1.165) is 26.2 Å². The van der Waals surface area contributed by atoms with Crippen molar-refractivity contribution in [3.8, 4) is 0 Å². The van der Waals surface area contributed by atoms with Gasteiger partial charge in [-0.05, 0) is 24.3 Å². The molecule has 0 saturated heterocycles. The standard InChI is InChI=1S/C10H23NO/c1-9(7-11)8-12-6-5-10(2,3)4/h9H,5-8,11H2,1-4H3. The van der Waals surface area contributed by atoms with Crippen molar-refractivity contribution in [2.45, 2.75) is 34.1 Å². The Bertz CT molecular complexity index is 107. The second-order valence-electron chi connectivity index (χ2n) is 4.73. The van der Waals surface area contributed by atoms with Crippen molar-refractivity contribution in [1.82, 2.24) is 0 Å². The molecule has 0 aliphatic heterocycles. The molecule has 0 radical (unpaired) electrons. The molecule has 0 fully saturated rings. The Labute approximate surface area is 76.5 Å². The first-order valence-corrected chi connectivity index (χ1v) is 4.73. The zero-order valence-electron chi connectivity index (χ0n) is 8.89. The lowest BCUT2D eigenvalue weighted by Gasteiger charge is -2.18. The molecule has 0 bridgehead atoms. The molecule has 0 amide bonds. The van der Waals surface area contributed by atoms with Crippen LogP contribution in [0, 0.1) is 11.3 Å². The topological polar surface area (TPSA) is 35.2 Å². The van der Waals surface area contributed by atoms with Crippen LogP contribution < -0.4 is 5.73 Å². The summed E-state index contributed by atoms with van der Waals surface area (Å²) in [4.78, 5) is 0. The maximum absolute atomic E-state index is 5.48. The molecule has 1 unspecified atom stereocenters. The van der Waals surface area contributed by atoms with Crippen molar-refractivity contribution < 1.29 is 4.74 Å². The molecule has 0 aliphatic carbocycles. The molecule has 0 heterocycles. The Morgan fingerprint density at radius 2 is 1.92 bits per heavy atom. The lowest BCUT2D eigenvalue weighted by molar-refractivity contribution is 0.0860. The molecular formula is C10H23NO. The van der Waals surface area contributed by atoms with Gasteiger partial charge in [0.15, 0.2) is 0 Å². The summed E-state index contributed by atoms with van der Waals surface area (Å²) in [7, 11) is 0. The van der Waals surface area contributed by atoms with Gasteiger partial charge in [0.1, 0.15) is 0 Å². The van der Waals surface area contributed by atoms with E-state index in [2.05, 4.69) is 27.7 Å². The van der Waals surface area contributed by atoms with Crippen molar-refractivity contribution in [2.75, 3.05) is 19.8 Å². The average Bonchev–Trinajstić information content (AvgIpc) is 1.96. The summed E-state index contributed by atoms with van der Waals surface area (Å²) >= 11 is 0. The predicted octanol–water partition coefficient (Wildman–Crippen LogP) is 2.03. The third-order valence-electron chi connectivity index (χ3n) is 1.80. The maximum Gasteiger partial charge on any atom is 0.0503 e. The van der Waals surface area contributed by atoms with Gasteiger partial charge in [0.2, 0.25) is 0 Å². The van der Waals surface area contributed by atoms with E-state index in [1.807, 2.05) is 0 Å². The fourth-order valence-electron chi connectivity index (χ4n) is 0.731. The first-order chi connectivity index (χ1) is 5.45. The van der Waals surface area contributed by atoms with Crippen LogP contribution in [0.3, 0.4) is 0 Å². The van der Waals surface area contributed by atoms with Crippen LogP contribution in [0.1, 0.15) is 34.1 Å². The van der Waals surface area contributed by atoms with Crippen LogP contribution in [0.5, 0.6) is 0 Å². The van der Waals surface area contributed by atoms with E-state index < -0.39 is 0 Å². The number of hydrogen-bond donors (Lipinski definition) is 1. The third kappa shape index (κ3) is 8.02. The Kier molecular flexibility index (Phi) is 5.51. The highest BCUT2D eigenvalue weighted by molar-refractivity contribution is 4.60. The monoisotopic (exact) mass is 173 g/mol. The van der Waals surface area contributed by atoms with E-state index >= 15 is 0 Å². The second kappa shape index (κ2) is 5.55. The van der Waals surface area contributed by atoms with Gasteiger partial charge in [0.25, 0.3) is 0 Å². The lowest BCUT2D eigenvalue weighted by atomic mass is 9.93. The first-order valence-electron chi connectivity index (χ1n) is 4.73. The Morgan fingerprint density at radius 1 is 1.33 bits per heavy atom. The lowest BCUT2D eigenvalue weighted by Crippen LogP contribution is -2.18. The molecule has 0 aromatic heterocycles. The molecule has 0 saturated carbocycles. The van der Waals surface area contributed by atoms with Gasteiger partial charge in [-0.15, -0.1) is 0 Å². The minimum absolute atomic E-state index is 0.381. The van der Waals surface area contributed by atoms with Crippen LogP contribution >= 0.6 is 0 Å². The average molecular weight is 173 g/mol. The molecular weight excluding hydrogens is 150 g/mol. The summed E-state index contributed by atoms with van der Waals surface area (Å²) in [6, 6.07) is 0. The zero-order chi connectivity index (χ0) is 9.61. The van der Waals surface area contributed by atoms with E-state index in [9.17, 15) is 0 Å². The van der Waals surface area contributed by atoms with Gasteiger partial charge < -0.3 is 10.5 Å². The van der Waals surface area contributed by atoms with Crippen LogP contribution in [0.25, 0.3) is 0 Å². The molecule has 0 rings (SSSR count). The maximum atomic E-state index is 5.48. The smallest absolute Gasteiger partial charge is 0.0503 e. The van der Waals surface area contributed by atoms with E-state index in [4.69, 9.17) is 10.5 Å². The fourth-order valence-corrected chi connectivity index (χ4v) is 0.731. The normalized spacial score (nSPS) is 14.8. The summed E-state index contributed by atoms with van der Waals surface area (Å²) in [6.07, 6.45) is 1.12. The van der Waals surface area contributed by atoms with Crippen LogP contribution in [-0.4, -0.2) is 19.8 Å². The van der Waals surface area contributed by atoms with Gasteiger partial charge in [0, 0.05) is 6.61 Å². The summed E-state index contributed by atoms with van der Waals surface area (Å²) < 4.78 is 5.48.